The third-order valence-electron chi connectivity index (χ3n) is 4.64. The summed E-state index contributed by atoms with van der Waals surface area (Å²) in [4.78, 5) is 19.3. The van der Waals surface area contributed by atoms with Crippen molar-refractivity contribution in [3.8, 4) is 0 Å². The van der Waals surface area contributed by atoms with Gasteiger partial charge in [0.05, 0.1) is 0 Å². The summed E-state index contributed by atoms with van der Waals surface area (Å²) in [5.74, 6) is 1.57. The molecule has 0 saturated carbocycles. The quantitative estimate of drug-likeness (QED) is 0.909. The summed E-state index contributed by atoms with van der Waals surface area (Å²) in [6.45, 7) is 5.14. The van der Waals surface area contributed by atoms with Crippen LogP contribution in [0.5, 0.6) is 0 Å². The molecule has 136 valence electrons. The van der Waals surface area contributed by atoms with Gasteiger partial charge in [-0.2, -0.15) is 0 Å². The van der Waals surface area contributed by atoms with Crippen molar-refractivity contribution in [3.05, 3.63) is 35.4 Å². The summed E-state index contributed by atoms with van der Waals surface area (Å²) >= 11 is 0. The molecule has 1 N–H and O–H groups in total. The van der Waals surface area contributed by atoms with Crippen LogP contribution in [0.15, 0.2) is 29.8 Å². The van der Waals surface area contributed by atoms with E-state index in [1.54, 1.807) is 6.92 Å². The molecule has 0 aromatic carbocycles. The molecule has 0 unspecified atom stereocenters. The molecule has 1 aromatic heterocycles. The molecule has 6 heteroatoms. The Kier molecular flexibility index (Phi) is 6.14. The van der Waals surface area contributed by atoms with E-state index in [2.05, 4.69) is 15.2 Å². The van der Waals surface area contributed by atoms with Crippen molar-refractivity contribution in [2.75, 3.05) is 31.2 Å². The third kappa shape index (κ3) is 4.65. The zero-order chi connectivity index (χ0) is 17.5. The van der Waals surface area contributed by atoms with Crippen LogP contribution in [-0.2, 0) is 20.8 Å². The highest BCUT2D eigenvalue weighted by Crippen LogP contribution is 2.21. The van der Waals surface area contributed by atoms with Crippen molar-refractivity contribution in [2.24, 2.45) is 0 Å². The number of hydrogen-bond acceptors (Lipinski definition) is 5. The van der Waals surface area contributed by atoms with E-state index in [1.807, 2.05) is 18.3 Å². The molecular formula is C19H27N3O3. The molecule has 1 fully saturated rings. The van der Waals surface area contributed by atoms with Gasteiger partial charge in [-0.05, 0) is 25.8 Å². The average Bonchev–Trinajstić information content (AvgIpc) is 2.60. The number of rotatable bonds is 4. The van der Waals surface area contributed by atoms with Gasteiger partial charge in [-0.1, -0.05) is 25.3 Å². The maximum atomic E-state index is 12.4. The predicted molar refractivity (Wildman–Crippen MR) is 96.0 cm³/mol. The summed E-state index contributed by atoms with van der Waals surface area (Å²) in [6, 6.07) is 3.95. The van der Waals surface area contributed by atoms with E-state index < -0.39 is 0 Å². The Bertz CT molecular complexity index is 622. The lowest BCUT2D eigenvalue weighted by molar-refractivity contribution is -0.122. The molecule has 6 nitrogen and oxygen atoms in total. The van der Waals surface area contributed by atoms with Gasteiger partial charge in [0.2, 0.25) is 5.76 Å². The van der Waals surface area contributed by atoms with Crippen molar-refractivity contribution in [1.82, 2.24) is 10.3 Å². The topological polar surface area (TPSA) is 63.7 Å². The Morgan fingerprint density at radius 2 is 1.88 bits per heavy atom. The average molecular weight is 345 g/mol. The second-order valence-corrected chi connectivity index (χ2v) is 6.51. The van der Waals surface area contributed by atoms with Gasteiger partial charge in [-0.3, -0.25) is 4.79 Å². The van der Waals surface area contributed by atoms with Crippen LogP contribution in [0.2, 0.25) is 0 Å². The van der Waals surface area contributed by atoms with Crippen LogP contribution in [0.3, 0.4) is 0 Å². The van der Waals surface area contributed by atoms with Gasteiger partial charge in [0.1, 0.15) is 24.8 Å². The van der Waals surface area contributed by atoms with E-state index in [-0.39, 0.29) is 11.7 Å². The van der Waals surface area contributed by atoms with Crippen LogP contribution in [0.4, 0.5) is 5.82 Å². The number of amides is 1. The number of pyridine rings is 1. The van der Waals surface area contributed by atoms with Crippen molar-refractivity contribution in [2.45, 2.75) is 45.6 Å². The first-order chi connectivity index (χ1) is 12.3. The maximum Gasteiger partial charge on any atom is 0.290 e. The zero-order valence-electron chi connectivity index (χ0n) is 14.9. The number of ether oxygens (including phenoxy) is 2. The highest BCUT2D eigenvalue weighted by molar-refractivity contribution is 5.91. The molecule has 3 rings (SSSR count). The second-order valence-electron chi connectivity index (χ2n) is 6.51. The van der Waals surface area contributed by atoms with Gasteiger partial charge in [-0.15, -0.1) is 0 Å². The summed E-state index contributed by atoms with van der Waals surface area (Å²) < 4.78 is 10.8. The summed E-state index contributed by atoms with van der Waals surface area (Å²) in [5, 5.41) is 2.94. The highest BCUT2D eigenvalue weighted by Gasteiger charge is 2.20. The number of aromatic nitrogens is 1. The van der Waals surface area contributed by atoms with E-state index >= 15 is 0 Å². The highest BCUT2D eigenvalue weighted by atomic mass is 16.6. The Labute approximate surface area is 149 Å². The molecule has 25 heavy (non-hydrogen) atoms. The van der Waals surface area contributed by atoms with Crippen molar-refractivity contribution in [3.63, 3.8) is 0 Å². The first kappa shape index (κ1) is 17.6. The molecule has 0 radical (unpaired) electrons. The predicted octanol–water partition coefficient (Wildman–Crippen LogP) is 2.75. The van der Waals surface area contributed by atoms with E-state index in [4.69, 9.17) is 9.47 Å². The molecule has 3 heterocycles. The fraction of sp³-hybridized carbons (Fsp3) is 0.579. The first-order valence-corrected chi connectivity index (χ1v) is 9.19. The van der Waals surface area contributed by atoms with Gasteiger partial charge in [0.15, 0.2) is 0 Å². The van der Waals surface area contributed by atoms with Gasteiger partial charge in [-0.25, -0.2) is 4.98 Å². The molecule has 0 bridgehead atoms. The minimum atomic E-state index is -0.236. The minimum absolute atomic E-state index is 0.236. The molecular weight excluding hydrogens is 318 g/mol. The summed E-state index contributed by atoms with van der Waals surface area (Å²) in [5.41, 5.74) is 1.03. The van der Waals surface area contributed by atoms with Crippen molar-refractivity contribution < 1.29 is 14.3 Å². The number of nitrogens with one attached hydrogen (secondary N) is 1. The SMILES string of the molecule is CC1=C(C(=O)NCc2cccnc2N2CCCCCCC2)OCCO1. The molecule has 1 aromatic rings. The molecule has 1 amide bonds. The van der Waals surface area contributed by atoms with Crippen LogP contribution >= 0.6 is 0 Å². The summed E-state index contributed by atoms with van der Waals surface area (Å²) in [7, 11) is 0. The van der Waals surface area contributed by atoms with E-state index in [9.17, 15) is 4.79 Å². The van der Waals surface area contributed by atoms with Crippen LogP contribution in [0.25, 0.3) is 0 Å². The monoisotopic (exact) mass is 345 g/mol. The molecule has 0 spiro atoms. The second kappa shape index (κ2) is 8.74. The van der Waals surface area contributed by atoms with Gasteiger partial charge in [0.25, 0.3) is 5.91 Å². The first-order valence-electron chi connectivity index (χ1n) is 9.19. The molecule has 2 aliphatic rings. The number of nitrogens with zero attached hydrogens (tertiary/aromatic N) is 2. The van der Waals surface area contributed by atoms with E-state index in [1.165, 1.54) is 32.1 Å². The van der Waals surface area contributed by atoms with Crippen molar-refractivity contribution in [1.29, 1.82) is 0 Å². The standard InChI is InChI=1S/C19H27N3O3/c1-15-17(25-13-12-24-15)19(23)21-14-16-8-7-9-20-18(16)22-10-5-3-2-4-6-11-22/h7-9H,2-6,10-14H2,1H3,(H,21,23). The van der Waals surface area contributed by atoms with Crippen LogP contribution in [-0.4, -0.2) is 37.2 Å². The molecule has 1 saturated heterocycles. The molecule has 2 aliphatic heterocycles. The van der Waals surface area contributed by atoms with Crippen LogP contribution < -0.4 is 10.2 Å². The zero-order valence-corrected chi connectivity index (χ0v) is 14.9. The third-order valence-corrected chi connectivity index (χ3v) is 4.64. The van der Waals surface area contributed by atoms with Gasteiger partial charge in [0, 0.05) is 31.4 Å². The Hall–Kier alpha value is -2.24. The maximum absolute atomic E-state index is 12.4. The fourth-order valence-electron chi connectivity index (χ4n) is 3.30. The largest absolute Gasteiger partial charge is 0.491 e. The van der Waals surface area contributed by atoms with Crippen molar-refractivity contribution >= 4 is 11.7 Å². The van der Waals surface area contributed by atoms with E-state index in [0.717, 1.165) is 24.5 Å². The normalized spacial score (nSPS) is 18.7. The van der Waals surface area contributed by atoms with Gasteiger partial charge < -0.3 is 19.7 Å². The minimum Gasteiger partial charge on any atom is -0.491 e. The van der Waals surface area contributed by atoms with Gasteiger partial charge >= 0.3 is 0 Å². The number of carbonyl (C=O) groups is 1. The van der Waals surface area contributed by atoms with Crippen LogP contribution in [0.1, 0.15) is 44.6 Å². The lowest BCUT2D eigenvalue weighted by Gasteiger charge is -2.27. The molecule has 0 atom stereocenters. The number of carbonyl (C=O) groups excluding carboxylic acids is 1. The number of hydrogen-bond donors (Lipinski definition) is 1. The fourth-order valence-corrected chi connectivity index (χ4v) is 3.30. The van der Waals surface area contributed by atoms with E-state index in [0.29, 0.717) is 25.5 Å². The number of anilines is 1. The lowest BCUT2D eigenvalue weighted by atomic mass is 10.1. The Balaban J connectivity index is 1.67. The Morgan fingerprint density at radius 1 is 1.16 bits per heavy atom. The number of allylic oxidation sites excluding steroid dienone is 1. The van der Waals surface area contributed by atoms with Crippen LogP contribution in [0, 0.1) is 0 Å². The Morgan fingerprint density at radius 3 is 2.64 bits per heavy atom. The smallest absolute Gasteiger partial charge is 0.290 e. The summed E-state index contributed by atoms with van der Waals surface area (Å²) in [6.07, 6.45) is 8.10. The lowest BCUT2D eigenvalue weighted by Crippen LogP contribution is -2.32. The molecule has 0 aliphatic carbocycles.